The van der Waals surface area contributed by atoms with Gasteiger partial charge in [-0.3, -0.25) is 9.36 Å². The number of rotatable bonds is 3. The van der Waals surface area contributed by atoms with Crippen molar-refractivity contribution in [2.75, 3.05) is 20.2 Å². The van der Waals surface area contributed by atoms with E-state index in [-0.39, 0.29) is 17.6 Å². The lowest BCUT2D eigenvalue weighted by Gasteiger charge is -2.32. The number of benzene rings is 2. The predicted molar refractivity (Wildman–Crippen MR) is 99.7 cm³/mol. The lowest BCUT2D eigenvalue weighted by molar-refractivity contribution is 0.0694. The highest BCUT2D eigenvalue weighted by atomic mass is 16.5. The molecule has 0 radical (unpaired) electrons. The van der Waals surface area contributed by atoms with Crippen LogP contribution in [0.4, 0.5) is 0 Å². The number of amides is 1. The molecule has 0 spiro atoms. The molecule has 4 rings (SSSR count). The predicted octanol–water partition coefficient (Wildman–Crippen LogP) is 2.82. The number of fused-ring (bicyclic) bond motifs is 1. The molecule has 6 heteroatoms. The van der Waals surface area contributed by atoms with Gasteiger partial charge in [0.1, 0.15) is 5.75 Å². The van der Waals surface area contributed by atoms with Crippen LogP contribution in [0.15, 0.2) is 53.3 Å². The Morgan fingerprint density at radius 3 is 2.65 bits per heavy atom. The Labute approximate surface area is 151 Å². The Hall–Kier alpha value is -3.02. The zero-order valence-electron chi connectivity index (χ0n) is 14.6. The molecule has 2 aromatic carbocycles. The fourth-order valence-corrected chi connectivity index (χ4v) is 3.70. The number of aromatic nitrogens is 2. The van der Waals surface area contributed by atoms with E-state index in [0.29, 0.717) is 24.4 Å². The largest absolute Gasteiger partial charge is 0.497 e. The van der Waals surface area contributed by atoms with E-state index in [4.69, 9.17) is 4.74 Å². The summed E-state index contributed by atoms with van der Waals surface area (Å²) < 4.78 is 7.04. The zero-order valence-corrected chi connectivity index (χ0v) is 14.6. The molecule has 1 amide bonds. The van der Waals surface area contributed by atoms with Crippen molar-refractivity contribution in [3.8, 4) is 5.75 Å². The lowest BCUT2D eigenvalue weighted by Crippen LogP contribution is -2.40. The second kappa shape index (κ2) is 6.71. The van der Waals surface area contributed by atoms with Gasteiger partial charge >= 0.3 is 5.69 Å². The molecule has 1 aliphatic heterocycles. The van der Waals surface area contributed by atoms with Crippen LogP contribution in [0.2, 0.25) is 0 Å². The van der Waals surface area contributed by atoms with E-state index in [9.17, 15) is 9.59 Å². The quantitative estimate of drug-likeness (QED) is 0.789. The Kier molecular flexibility index (Phi) is 4.24. The first-order valence-corrected chi connectivity index (χ1v) is 8.80. The normalized spacial score (nSPS) is 15.3. The van der Waals surface area contributed by atoms with E-state index < -0.39 is 0 Å². The third-order valence-corrected chi connectivity index (χ3v) is 5.06. The van der Waals surface area contributed by atoms with Gasteiger partial charge in [0.2, 0.25) is 0 Å². The van der Waals surface area contributed by atoms with Crippen molar-refractivity contribution in [3.05, 3.63) is 64.6 Å². The van der Waals surface area contributed by atoms with E-state index in [1.807, 2.05) is 45.9 Å². The zero-order chi connectivity index (χ0) is 18.1. The summed E-state index contributed by atoms with van der Waals surface area (Å²) in [5.41, 5.74) is 2.33. The number of piperidine rings is 1. The van der Waals surface area contributed by atoms with Crippen molar-refractivity contribution in [2.45, 2.75) is 18.9 Å². The second-order valence-electron chi connectivity index (χ2n) is 6.57. The standard InChI is InChI=1S/C20H21N3O3/c1-26-16-6-4-5-14(13-16)19(24)22-11-9-15(10-12-22)23-18-8-3-2-7-17(18)21-20(23)25/h2-8,13,15H,9-12H2,1H3,(H,21,25). The lowest BCUT2D eigenvalue weighted by atomic mass is 10.0. The van der Waals surface area contributed by atoms with Crippen LogP contribution in [0.25, 0.3) is 11.0 Å². The van der Waals surface area contributed by atoms with E-state index in [2.05, 4.69) is 4.98 Å². The molecule has 26 heavy (non-hydrogen) atoms. The number of aromatic amines is 1. The number of likely N-dealkylation sites (tertiary alicyclic amines) is 1. The first-order valence-electron chi connectivity index (χ1n) is 8.80. The fourth-order valence-electron chi connectivity index (χ4n) is 3.70. The van der Waals surface area contributed by atoms with Gasteiger partial charge in [0.05, 0.1) is 18.1 Å². The molecule has 0 saturated carbocycles. The number of ether oxygens (including phenoxy) is 1. The smallest absolute Gasteiger partial charge is 0.326 e. The highest BCUT2D eigenvalue weighted by Gasteiger charge is 2.26. The van der Waals surface area contributed by atoms with Crippen LogP contribution < -0.4 is 10.4 Å². The van der Waals surface area contributed by atoms with Crippen LogP contribution in [-0.4, -0.2) is 40.6 Å². The Morgan fingerprint density at radius 1 is 1.12 bits per heavy atom. The number of nitrogens with zero attached hydrogens (tertiary/aromatic N) is 2. The van der Waals surface area contributed by atoms with E-state index in [1.165, 1.54) is 0 Å². The second-order valence-corrected chi connectivity index (χ2v) is 6.57. The van der Waals surface area contributed by atoms with Crippen LogP contribution in [0.1, 0.15) is 29.2 Å². The van der Waals surface area contributed by atoms with Crippen LogP contribution in [0, 0.1) is 0 Å². The molecule has 134 valence electrons. The molecular formula is C20H21N3O3. The van der Waals surface area contributed by atoms with Crippen LogP contribution >= 0.6 is 0 Å². The SMILES string of the molecule is COc1cccc(C(=O)N2CCC(n3c(=O)[nH]c4ccccc43)CC2)c1. The summed E-state index contributed by atoms with van der Waals surface area (Å²) >= 11 is 0. The van der Waals surface area contributed by atoms with Gasteiger partial charge in [-0.05, 0) is 43.2 Å². The highest BCUT2D eigenvalue weighted by Crippen LogP contribution is 2.26. The maximum atomic E-state index is 12.7. The molecule has 1 aromatic heterocycles. The molecule has 1 fully saturated rings. The summed E-state index contributed by atoms with van der Waals surface area (Å²) in [6.45, 7) is 1.26. The summed E-state index contributed by atoms with van der Waals surface area (Å²) in [6.07, 6.45) is 1.52. The van der Waals surface area contributed by atoms with Crippen molar-refractivity contribution in [1.82, 2.24) is 14.5 Å². The van der Waals surface area contributed by atoms with Crippen LogP contribution in [-0.2, 0) is 0 Å². The number of carbonyl (C=O) groups excluding carboxylic acids is 1. The van der Waals surface area contributed by atoms with E-state index >= 15 is 0 Å². The molecule has 1 aliphatic rings. The van der Waals surface area contributed by atoms with Gasteiger partial charge in [-0.2, -0.15) is 0 Å². The number of para-hydroxylation sites is 2. The average molecular weight is 351 g/mol. The Morgan fingerprint density at radius 2 is 1.88 bits per heavy atom. The molecule has 6 nitrogen and oxygen atoms in total. The number of methoxy groups -OCH3 is 1. The summed E-state index contributed by atoms with van der Waals surface area (Å²) in [5.74, 6) is 0.685. The maximum absolute atomic E-state index is 12.7. The first kappa shape index (κ1) is 16.4. The molecule has 0 unspecified atom stereocenters. The van der Waals surface area contributed by atoms with Gasteiger partial charge in [0, 0.05) is 24.7 Å². The molecule has 0 atom stereocenters. The minimum absolute atomic E-state index is 0.00798. The summed E-state index contributed by atoms with van der Waals surface area (Å²) in [4.78, 5) is 29.9. The molecule has 0 bridgehead atoms. The number of hydrogen-bond acceptors (Lipinski definition) is 3. The minimum atomic E-state index is -0.0798. The molecule has 2 heterocycles. The molecule has 1 N–H and O–H groups in total. The number of nitrogens with one attached hydrogen (secondary N) is 1. The molecule has 3 aromatic rings. The van der Waals surface area contributed by atoms with Crippen molar-refractivity contribution < 1.29 is 9.53 Å². The monoisotopic (exact) mass is 351 g/mol. The van der Waals surface area contributed by atoms with Crippen LogP contribution in [0.3, 0.4) is 0 Å². The first-order chi connectivity index (χ1) is 12.7. The summed E-state index contributed by atoms with van der Waals surface area (Å²) in [6, 6.07) is 15.0. The van der Waals surface area contributed by atoms with Gasteiger partial charge in [-0.25, -0.2) is 4.79 Å². The minimum Gasteiger partial charge on any atom is -0.497 e. The number of hydrogen-bond donors (Lipinski definition) is 1. The van der Waals surface area contributed by atoms with Gasteiger partial charge in [-0.15, -0.1) is 0 Å². The Balaban J connectivity index is 1.51. The maximum Gasteiger partial charge on any atom is 0.326 e. The van der Waals surface area contributed by atoms with Crippen molar-refractivity contribution >= 4 is 16.9 Å². The number of H-pyrrole nitrogens is 1. The van der Waals surface area contributed by atoms with Gasteiger partial charge < -0.3 is 14.6 Å². The van der Waals surface area contributed by atoms with Crippen molar-refractivity contribution in [2.24, 2.45) is 0 Å². The highest BCUT2D eigenvalue weighted by molar-refractivity contribution is 5.94. The molecule has 0 aliphatic carbocycles. The summed E-state index contributed by atoms with van der Waals surface area (Å²) in [7, 11) is 1.59. The topological polar surface area (TPSA) is 67.3 Å². The van der Waals surface area contributed by atoms with Gasteiger partial charge in [-0.1, -0.05) is 18.2 Å². The third-order valence-electron chi connectivity index (χ3n) is 5.06. The van der Waals surface area contributed by atoms with E-state index in [0.717, 1.165) is 23.9 Å². The fraction of sp³-hybridized carbons (Fsp3) is 0.300. The number of imidazole rings is 1. The van der Waals surface area contributed by atoms with Gasteiger partial charge in [0.15, 0.2) is 0 Å². The van der Waals surface area contributed by atoms with E-state index in [1.54, 1.807) is 19.2 Å². The number of carbonyl (C=O) groups is 1. The average Bonchev–Trinajstić information content (AvgIpc) is 3.03. The van der Waals surface area contributed by atoms with Gasteiger partial charge in [0.25, 0.3) is 5.91 Å². The van der Waals surface area contributed by atoms with Crippen molar-refractivity contribution in [3.63, 3.8) is 0 Å². The van der Waals surface area contributed by atoms with Crippen LogP contribution in [0.5, 0.6) is 5.75 Å². The Bertz CT molecular complexity index is 997. The summed E-state index contributed by atoms with van der Waals surface area (Å²) in [5, 5.41) is 0. The molecule has 1 saturated heterocycles. The molecular weight excluding hydrogens is 330 g/mol. The third kappa shape index (κ3) is 2.87. The van der Waals surface area contributed by atoms with Crippen molar-refractivity contribution in [1.29, 1.82) is 0 Å².